The number of thiazole rings is 1. The van der Waals surface area contributed by atoms with E-state index in [1.807, 2.05) is 0 Å². The fraction of sp³-hybridized carbons (Fsp3) is 0.333. The molecule has 0 aliphatic rings. The highest BCUT2D eigenvalue weighted by atomic mass is 32.1. The fourth-order valence-electron chi connectivity index (χ4n) is 0.608. The molecule has 0 fully saturated rings. The Labute approximate surface area is 62.7 Å². The van der Waals surface area contributed by atoms with E-state index in [1.165, 1.54) is 18.4 Å². The Hall–Kier alpha value is -0.740. The molecular weight excluding hydrogens is 150 g/mol. The van der Waals surface area contributed by atoms with Crippen molar-refractivity contribution in [2.75, 3.05) is 7.11 Å². The molecule has 0 saturated carbocycles. The van der Waals surface area contributed by atoms with Crippen molar-refractivity contribution in [2.24, 2.45) is 0 Å². The van der Waals surface area contributed by atoms with E-state index < -0.39 is 6.10 Å². The number of hydrogen-bond donors (Lipinski definition) is 0. The van der Waals surface area contributed by atoms with Gasteiger partial charge in [0.1, 0.15) is 0 Å². The van der Waals surface area contributed by atoms with Gasteiger partial charge in [0.25, 0.3) is 0 Å². The molecule has 1 aromatic rings. The molecule has 0 amide bonds. The van der Waals surface area contributed by atoms with Crippen LogP contribution in [0, 0.1) is 0 Å². The van der Waals surface area contributed by atoms with Gasteiger partial charge in [-0.15, -0.1) is 11.3 Å². The predicted octanol–water partition coefficient (Wildman–Crippen LogP) is 1.03. The second kappa shape index (κ2) is 3.43. The van der Waals surface area contributed by atoms with Crippen LogP contribution in [-0.2, 0) is 9.53 Å². The summed E-state index contributed by atoms with van der Waals surface area (Å²) in [7, 11) is 1.48. The summed E-state index contributed by atoms with van der Waals surface area (Å²) in [5, 5.41) is 1.79. The number of hydrogen-bond acceptors (Lipinski definition) is 4. The van der Waals surface area contributed by atoms with Crippen LogP contribution in [0.4, 0.5) is 0 Å². The summed E-state index contributed by atoms with van der Waals surface area (Å²) in [5.41, 5.74) is 2.35. The molecule has 4 heteroatoms. The van der Waals surface area contributed by atoms with Gasteiger partial charge in [-0.3, -0.25) is 4.79 Å². The third-order valence-electron chi connectivity index (χ3n) is 1.12. The van der Waals surface area contributed by atoms with Crippen molar-refractivity contribution in [1.82, 2.24) is 4.98 Å². The average molecular weight is 157 g/mol. The van der Waals surface area contributed by atoms with Crippen molar-refractivity contribution in [3.63, 3.8) is 0 Å². The number of aldehydes is 1. The predicted molar refractivity (Wildman–Crippen MR) is 37.9 cm³/mol. The smallest absolute Gasteiger partial charge is 0.155 e. The van der Waals surface area contributed by atoms with Gasteiger partial charge in [0.05, 0.1) is 11.2 Å². The molecule has 1 aromatic heterocycles. The first kappa shape index (κ1) is 7.37. The van der Waals surface area contributed by atoms with Crippen LogP contribution < -0.4 is 0 Å². The van der Waals surface area contributed by atoms with Crippen LogP contribution in [0.25, 0.3) is 0 Å². The van der Waals surface area contributed by atoms with E-state index in [-0.39, 0.29) is 0 Å². The maximum Gasteiger partial charge on any atom is 0.155 e. The quantitative estimate of drug-likeness (QED) is 0.615. The van der Waals surface area contributed by atoms with E-state index >= 15 is 0 Å². The van der Waals surface area contributed by atoms with Gasteiger partial charge >= 0.3 is 0 Å². The van der Waals surface area contributed by atoms with Gasteiger partial charge < -0.3 is 4.74 Å². The van der Waals surface area contributed by atoms with Crippen molar-refractivity contribution in [2.45, 2.75) is 6.10 Å². The van der Waals surface area contributed by atoms with E-state index in [4.69, 9.17) is 4.74 Å². The van der Waals surface area contributed by atoms with E-state index in [2.05, 4.69) is 4.98 Å². The van der Waals surface area contributed by atoms with Gasteiger partial charge in [0.2, 0.25) is 0 Å². The summed E-state index contributed by atoms with van der Waals surface area (Å²) in [4.78, 5) is 14.2. The first-order valence-electron chi connectivity index (χ1n) is 2.74. The van der Waals surface area contributed by atoms with Gasteiger partial charge in [-0.1, -0.05) is 0 Å². The zero-order valence-electron chi connectivity index (χ0n) is 5.48. The molecular formula is C6H7NO2S. The Morgan fingerprint density at radius 2 is 2.70 bits per heavy atom. The highest BCUT2D eigenvalue weighted by molar-refractivity contribution is 7.07. The SMILES string of the molecule is COC(C=O)c1cscn1. The number of nitrogens with zero attached hydrogens (tertiary/aromatic N) is 1. The standard InChI is InChI=1S/C6H7NO2S/c1-9-6(2-8)5-3-10-4-7-5/h2-4,6H,1H3. The summed E-state index contributed by atoms with van der Waals surface area (Å²) in [5.74, 6) is 0. The first-order chi connectivity index (χ1) is 4.88. The summed E-state index contributed by atoms with van der Waals surface area (Å²) < 4.78 is 4.82. The summed E-state index contributed by atoms with van der Waals surface area (Å²) >= 11 is 1.45. The molecule has 0 aliphatic carbocycles. The topological polar surface area (TPSA) is 39.2 Å². The first-order valence-corrected chi connectivity index (χ1v) is 3.69. The maximum atomic E-state index is 10.3. The van der Waals surface area contributed by atoms with Gasteiger partial charge in [-0.05, 0) is 0 Å². The minimum atomic E-state index is -0.494. The number of aromatic nitrogens is 1. The summed E-state index contributed by atoms with van der Waals surface area (Å²) in [6, 6.07) is 0. The summed E-state index contributed by atoms with van der Waals surface area (Å²) in [6.45, 7) is 0. The van der Waals surface area contributed by atoms with E-state index in [9.17, 15) is 4.79 Å². The molecule has 0 spiro atoms. The number of rotatable bonds is 3. The van der Waals surface area contributed by atoms with E-state index in [0.717, 1.165) is 6.29 Å². The summed E-state index contributed by atoms with van der Waals surface area (Å²) in [6.07, 6.45) is 0.237. The molecule has 0 bridgehead atoms. The molecule has 1 unspecified atom stereocenters. The van der Waals surface area contributed by atoms with Crippen LogP contribution in [0.15, 0.2) is 10.9 Å². The molecule has 0 aliphatic heterocycles. The van der Waals surface area contributed by atoms with Crippen molar-refractivity contribution in [3.05, 3.63) is 16.6 Å². The molecule has 54 valence electrons. The van der Waals surface area contributed by atoms with Crippen LogP contribution in [0.2, 0.25) is 0 Å². The average Bonchev–Trinajstić information content (AvgIpc) is 2.43. The van der Waals surface area contributed by atoms with Crippen LogP contribution in [0.1, 0.15) is 11.8 Å². The molecule has 1 rings (SSSR count). The normalized spacial score (nSPS) is 12.9. The van der Waals surface area contributed by atoms with Gasteiger partial charge in [-0.2, -0.15) is 0 Å². The minimum Gasteiger partial charge on any atom is -0.368 e. The van der Waals surface area contributed by atoms with E-state index in [1.54, 1.807) is 10.9 Å². The molecule has 0 saturated heterocycles. The third kappa shape index (κ3) is 1.40. The van der Waals surface area contributed by atoms with Crippen molar-refractivity contribution >= 4 is 17.6 Å². The van der Waals surface area contributed by atoms with Gasteiger partial charge in [-0.25, -0.2) is 4.98 Å². The van der Waals surface area contributed by atoms with Gasteiger partial charge in [0.15, 0.2) is 12.4 Å². The lowest BCUT2D eigenvalue weighted by Crippen LogP contribution is -2.01. The Balaban J connectivity index is 2.73. The van der Waals surface area contributed by atoms with Crippen LogP contribution in [0.3, 0.4) is 0 Å². The third-order valence-corrected chi connectivity index (χ3v) is 1.73. The molecule has 1 heterocycles. The Bertz CT molecular complexity index is 198. The molecule has 0 N–H and O–H groups in total. The van der Waals surface area contributed by atoms with Gasteiger partial charge in [0, 0.05) is 12.5 Å². The second-order valence-electron chi connectivity index (χ2n) is 1.71. The Morgan fingerprint density at radius 3 is 3.10 bits per heavy atom. The van der Waals surface area contributed by atoms with Crippen LogP contribution in [-0.4, -0.2) is 18.4 Å². The largest absolute Gasteiger partial charge is 0.368 e. The lowest BCUT2D eigenvalue weighted by Gasteiger charge is -2.01. The Morgan fingerprint density at radius 1 is 1.90 bits per heavy atom. The molecule has 1 atom stereocenters. The number of carbonyl (C=O) groups excluding carboxylic acids is 1. The van der Waals surface area contributed by atoms with Crippen molar-refractivity contribution in [1.29, 1.82) is 0 Å². The molecule has 0 aromatic carbocycles. The van der Waals surface area contributed by atoms with Crippen LogP contribution in [0.5, 0.6) is 0 Å². The van der Waals surface area contributed by atoms with Crippen LogP contribution >= 0.6 is 11.3 Å². The second-order valence-corrected chi connectivity index (χ2v) is 2.42. The van der Waals surface area contributed by atoms with Crippen molar-refractivity contribution < 1.29 is 9.53 Å². The lowest BCUT2D eigenvalue weighted by atomic mass is 10.3. The van der Waals surface area contributed by atoms with Crippen molar-refractivity contribution in [3.8, 4) is 0 Å². The number of ether oxygens (including phenoxy) is 1. The molecule has 3 nitrogen and oxygen atoms in total. The molecule has 0 radical (unpaired) electrons. The fourth-order valence-corrected chi connectivity index (χ4v) is 1.19. The zero-order valence-corrected chi connectivity index (χ0v) is 6.30. The van der Waals surface area contributed by atoms with E-state index in [0.29, 0.717) is 5.69 Å². The zero-order chi connectivity index (χ0) is 7.40. The monoisotopic (exact) mass is 157 g/mol. The highest BCUT2D eigenvalue weighted by Gasteiger charge is 2.09. The number of methoxy groups -OCH3 is 1. The lowest BCUT2D eigenvalue weighted by molar-refractivity contribution is -0.116. The maximum absolute atomic E-state index is 10.3. The highest BCUT2D eigenvalue weighted by Crippen LogP contribution is 2.12. The minimum absolute atomic E-state index is 0.494. The molecule has 10 heavy (non-hydrogen) atoms. The number of carbonyl (C=O) groups is 1. The Kier molecular flexibility index (Phi) is 2.53.